The first kappa shape index (κ1) is 16.6. The van der Waals surface area contributed by atoms with Gasteiger partial charge in [0.25, 0.3) is 0 Å². The number of nitriles is 1. The average Bonchev–Trinajstić information content (AvgIpc) is 2.36. The lowest BCUT2D eigenvalue weighted by molar-refractivity contribution is 0.216. The minimum atomic E-state index is -3.76. The lowest BCUT2D eigenvalue weighted by Gasteiger charge is -2.34. The first-order chi connectivity index (χ1) is 9.01. The van der Waals surface area contributed by atoms with Crippen molar-refractivity contribution in [1.82, 2.24) is 4.31 Å². The Bertz CT molecular complexity index is 642. The average molecular weight is 298 g/mol. The largest absolute Gasteiger partial charge is 0.243 e. The summed E-state index contributed by atoms with van der Waals surface area (Å²) in [6.45, 7) is 7.63. The highest BCUT2D eigenvalue weighted by atomic mass is 32.2. The van der Waals surface area contributed by atoms with E-state index >= 15 is 0 Å². The van der Waals surface area contributed by atoms with Crippen LogP contribution in [0.2, 0.25) is 0 Å². The molecule has 0 radical (unpaired) electrons. The lowest BCUT2D eigenvalue weighted by atomic mass is 9.88. The fourth-order valence-electron chi connectivity index (χ4n) is 1.67. The van der Waals surface area contributed by atoms with Gasteiger partial charge in [0.1, 0.15) is 11.9 Å². The van der Waals surface area contributed by atoms with Crippen LogP contribution in [0.3, 0.4) is 0 Å². The van der Waals surface area contributed by atoms with Gasteiger partial charge in [0, 0.05) is 13.1 Å². The van der Waals surface area contributed by atoms with Crippen LogP contribution in [0.5, 0.6) is 0 Å². The Kier molecular flexibility index (Phi) is 4.57. The minimum absolute atomic E-state index is 0.0750. The van der Waals surface area contributed by atoms with E-state index in [-0.39, 0.29) is 21.9 Å². The number of sulfonamides is 1. The molecule has 0 heterocycles. The molecule has 1 aromatic carbocycles. The molecule has 0 bridgehead atoms. The van der Waals surface area contributed by atoms with E-state index in [0.29, 0.717) is 0 Å². The molecule has 110 valence electrons. The number of halogens is 1. The van der Waals surface area contributed by atoms with Gasteiger partial charge in [-0.05, 0) is 30.5 Å². The van der Waals surface area contributed by atoms with Gasteiger partial charge in [-0.15, -0.1) is 0 Å². The zero-order chi connectivity index (χ0) is 15.7. The number of rotatable bonds is 3. The van der Waals surface area contributed by atoms with Crippen LogP contribution in [-0.2, 0) is 10.0 Å². The molecule has 1 atom stereocenters. The molecule has 0 amide bonds. The van der Waals surface area contributed by atoms with Crippen molar-refractivity contribution in [2.75, 3.05) is 7.05 Å². The molecule has 1 aromatic rings. The van der Waals surface area contributed by atoms with Gasteiger partial charge in [0.05, 0.1) is 10.5 Å². The molecule has 4 nitrogen and oxygen atoms in total. The molecular formula is C14H19FN2O2S. The third kappa shape index (κ3) is 3.17. The van der Waals surface area contributed by atoms with Crippen LogP contribution >= 0.6 is 0 Å². The normalized spacial score (nSPS) is 14.1. The maximum atomic E-state index is 13.3. The standard InChI is InChI=1S/C14H19FN2O2S/c1-10(14(2,3)4)17(5)20(18,19)12-6-7-13(15)11(8-12)9-16/h6-8,10H,1-5H3. The second-order valence-electron chi connectivity index (χ2n) is 5.82. The van der Waals surface area contributed by atoms with Gasteiger partial charge in [-0.1, -0.05) is 20.8 Å². The van der Waals surface area contributed by atoms with E-state index in [9.17, 15) is 12.8 Å². The highest BCUT2D eigenvalue weighted by molar-refractivity contribution is 7.89. The minimum Gasteiger partial charge on any atom is -0.207 e. The molecule has 0 spiro atoms. The van der Waals surface area contributed by atoms with E-state index < -0.39 is 15.8 Å². The molecule has 0 aliphatic heterocycles. The molecule has 0 saturated heterocycles. The quantitative estimate of drug-likeness (QED) is 0.862. The number of hydrogen-bond acceptors (Lipinski definition) is 3. The van der Waals surface area contributed by atoms with Crippen LogP contribution in [0, 0.1) is 22.6 Å². The molecule has 6 heteroatoms. The number of nitrogens with zero attached hydrogens (tertiary/aromatic N) is 2. The van der Waals surface area contributed by atoms with Crippen molar-refractivity contribution in [3.8, 4) is 6.07 Å². The predicted octanol–water partition coefficient (Wildman–Crippen LogP) is 2.75. The van der Waals surface area contributed by atoms with E-state index in [2.05, 4.69) is 0 Å². The Morgan fingerprint density at radius 2 is 1.90 bits per heavy atom. The second-order valence-corrected chi connectivity index (χ2v) is 7.81. The molecule has 0 saturated carbocycles. The third-order valence-electron chi connectivity index (χ3n) is 3.53. The van der Waals surface area contributed by atoms with Crippen molar-refractivity contribution in [2.24, 2.45) is 5.41 Å². The molecule has 1 unspecified atom stereocenters. The van der Waals surface area contributed by atoms with Crippen LogP contribution < -0.4 is 0 Å². The third-order valence-corrected chi connectivity index (χ3v) is 5.46. The van der Waals surface area contributed by atoms with E-state index in [0.717, 1.165) is 12.1 Å². The van der Waals surface area contributed by atoms with Gasteiger partial charge in [0.2, 0.25) is 10.0 Å². The maximum absolute atomic E-state index is 13.3. The fraction of sp³-hybridized carbons (Fsp3) is 0.500. The van der Waals surface area contributed by atoms with Crippen LogP contribution in [0.25, 0.3) is 0 Å². The zero-order valence-corrected chi connectivity index (χ0v) is 13.1. The van der Waals surface area contributed by atoms with Crippen LogP contribution in [0.4, 0.5) is 4.39 Å². The summed E-state index contributed by atoms with van der Waals surface area (Å²) in [6, 6.07) is 4.65. The van der Waals surface area contributed by atoms with Gasteiger partial charge >= 0.3 is 0 Å². The highest BCUT2D eigenvalue weighted by Crippen LogP contribution is 2.28. The van der Waals surface area contributed by atoms with Crippen molar-refractivity contribution < 1.29 is 12.8 Å². The monoisotopic (exact) mass is 298 g/mol. The summed E-state index contributed by atoms with van der Waals surface area (Å²) in [4.78, 5) is -0.0750. The highest BCUT2D eigenvalue weighted by Gasteiger charge is 2.32. The van der Waals surface area contributed by atoms with Crippen molar-refractivity contribution in [3.05, 3.63) is 29.6 Å². The van der Waals surface area contributed by atoms with E-state index in [1.807, 2.05) is 27.7 Å². The van der Waals surface area contributed by atoms with Crippen molar-refractivity contribution in [2.45, 2.75) is 38.6 Å². The van der Waals surface area contributed by atoms with Crippen LogP contribution in [0.1, 0.15) is 33.3 Å². The Hall–Kier alpha value is -1.45. The summed E-state index contributed by atoms with van der Waals surface area (Å²) < 4.78 is 39.5. The summed E-state index contributed by atoms with van der Waals surface area (Å²) in [7, 11) is -2.27. The Morgan fingerprint density at radius 3 is 2.35 bits per heavy atom. The Morgan fingerprint density at radius 1 is 1.35 bits per heavy atom. The number of hydrogen-bond donors (Lipinski definition) is 0. The molecule has 0 N–H and O–H groups in total. The van der Waals surface area contributed by atoms with E-state index in [1.165, 1.54) is 17.4 Å². The Labute approximate surface area is 119 Å². The summed E-state index contributed by atoms with van der Waals surface area (Å²) in [6.07, 6.45) is 0. The smallest absolute Gasteiger partial charge is 0.207 e. The Balaban J connectivity index is 3.28. The van der Waals surface area contributed by atoms with Crippen molar-refractivity contribution in [3.63, 3.8) is 0 Å². The van der Waals surface area contributed by atoms with Gasteiger partial charge in [-0.25, -0.2) is 12.8 Å². The van der Waals surface area contributed by atoms with Gasteiger partial charge < -0.3 is 0 Å². The zero-order valence-electron chi connectivity index (χ0n) is 12.3. The van der Waals surface area contributed by atoms with E-state index in [1.54, 1.807) is 6.07 Å². The molecule has 1 rings (SSSR count). The summed E-state index contributed by atoms with van der Waals surface area (Å²) in [5.74, 6) is -0.724. The maximum Gasteiger partial charge on any atom is 0.243 e. The number of benzene rings is 1. The molecular weight excluding hydrogens is 279 g/mol. The van der Waals surface area contributed by atoms with Gasteiger partial charge in [-0.3, -0.25) is 0 Å². The SMILES string of the molecule is CC(N(C)S(=O)(=O)c1ccc(F)c(C#N)c1)C(C)(C)C. The summed E-state index contributed by atoms with van der Waals surface area (Å²) in [5, 5.41) is 8.79. The molecule has 0 aliphatic carbocycles. The van der Waals surface area contributed by atoms with Crippen molar-refractivity contribution in [1.29, 1.82) is 5.26 Å². The molecule has 0 fully saturated rings. The van der Waals surface area contributed by atoms with Crippen LogP contribution in [-0.4, -0.2) is 25.8 Å². The predicted molar refractivity (Wildman–Crippen MR) is 75.0 cm³/mol. The summed E-state index contributed by atoms with van der Waals surface area (Å²) in [5.41, 5.74) is -0.511. The molecule has 20 heavy (non-hydrogen) atoms. The van der Waals surface area contributed by atoms with Crippen LogP contribution in [0.15, 0.2) is 23.1 Å². The first-order valence-corrected chi connectivity index (χ1v) is 7.63. The van der Waals surface area contributed by atoms with Gasteiger partial charge in [0.15, 0.2) is 0 Å². The topological polar surface area (TPSA) is 61.2 Å². The molecule has 0 aliphatic rings. The van der Waals surface area contributed by atoms with Crippen molar-refractivity contribution >= 4 is 10.0 Å². The van der Waals surface area contributed by atoms with E-state index in [4.69, 9.17) is 5.26 Å². The summed E-state index contributed by atoms with van der Waals surface area (Å²) >= 11 is 0. The second kappa shape index (κ2) is 5.51. The van der Waals surface area contributed by atoms with Gasteiger partial charge in [-0.2, -0.15) is 9.57 Å². The fourth-order valence-corrected chi connectivity index (χ4v) is 3.24. The first-order valence-electron chi connectivity index (χ1n) is 6.19. The lowest BCUT2D eigenvalue weighted by Crippen LogP contribution is -2.42. The molecule has 0 aromatic heterocycles.